The van der Waals surface area contributed by atoms with Crippen molar-refractivity contribution in [2.24, 2.45) is 0 Å². The third kappa shape index (κ3) is 2.84. The van der Waals surface area contributed by atoms with Crippen LogP contribution in [-0.4, -0.2) is 34.6 Å². The van der Waals surface area contributed by atoms with Crippen LogP contribution in [0.25, 0.3) is 5.65 Å². The maximum absolute atomic E-state index is 5.99. The van der Waals surface area contributed by atoms with Crippen LogP contribution in [0.5, 0.6) is 0 Å². The zero-order chi connectivity index (χ0) is 15.6. The lowest BCUT2D eigenvalue weighted by atomic mass is 10.3. The van der Waals surface area contributed by atoms with E-state index in [1.807, 2.05) is 36.4 Å². The highest BCUT2D eigenvalue weighted by atomic mass is 35.5. The van der Waals surface area contributed by atoms with E-state index in [1.165, 1.54) is 6.33 Å². The van der Waals surface area contributed by atoms with Gasteiger partial charge in [-0.25, -0.2) is 9.67 Å². The molecular weight excluding hydrogens is 316 g/mol. The summed E-state index contributed by atoms with van der Waals surface area (Å²) in [4.78, 5) is 3.91. The first-order valence-corrected chi connectivity index (χ1v) is 7.22. The molecule has 1 aromatic carbocycles. The monoisotopic (exact) mass is 326 g/mol. The normalized spacial score (nSPS) is 11.0. The summed E-state index contributed by atoms with van der Waals surface area (Å²) in [6.07, 6.45) is 3.10. The molecule has 114 valence electrons. The van der Waals surface area contributed by atoms with Crippen molar-refractivity contribution in [1.29, 1.82) is 0 Å². The van der Waals surface area contributed by atoms with Crippen molar-refractivity contribution < 1.29 is 0 Å². The first-order chi connectivity index (χ1) is 11.3. The Morgan fingerprint density at radius 1 is 1.13 bits per heavy atom. The number of nitrogens with one attached hydrogen (secondary N) is 1. The molecular formula is C14H11ClN8. The molecule has 0 aliphatic carbocycles. The first-order valence-electron chi connectivity index (χ1n) is 6.84. The van der Waals surface area contributed by atoms with E-state index >= 15 is 0 Å². The minimum atomic E-state index is 0.439. The molecule has 0 aliphatic rings. The van der Waals surface area contributed by atoms with Crippen LogP contribution in [0.15, 0.2) is 49.1 Å². The molecule has 0 unspecified atom stereocenters. The first kappa shape index (κ1) is 13.6. The van der Waals surface area contributed by atoms with E-state index < -0.39 is 0 Å². The molecule has 9 heteroatoms. The van der Waals surface area contributed by atoms with Crippen LogP contribution in [0, 0.1) is 0 Å². The Kier molecular flexibility index (Phi) is 3.35. The van der Waals surface area contributed by atoms with Crippen molar-refractivity contribution in [3.05, 3.63) is 59.9 Å². The molecule has 4 rings (SSSR count). The van der Waals surface area contributed by atoms with Gasteiger partial charge in [-0.1, -0.05) is 17.7 Å². The second-order valence-corrected chi connectivity index (χ2v) is 5.27. The summed E-state index contributed by atoms with van der Waals surface area (Å²) >= 11 is 5.99. The molecule has 0 spiro atoms. The highest BCUT2D eigenvalue weighted by molar-refractivity contribution is 6.30. The van der Waals surface area contributed by atoms with E-state index in [4.69, 9.17) is 11.6 Å². The Bertz CT molecular complexity index is 946. The standard InChI is InChI=1S/C14H11ClN8/c15-10-2-1-3-11(6-10)18-12-4-5-13-19-20-14(23(13)21-12)7-22-9-16-8-17-22/h1-6,8-9H,7H2,(H,18,21). The number of aromatic nitrogens is 7. The van der Waals surface area contributed by atoms with Gasteiger partial charge in [0.1, 0.15) is 19.2 Å². The molecule has 3 aromatic heterocycles. The molecule has 0 bridgehead atoms. The van der Waals surface area contributed by atoms with Crippen LogP contribution in [0.3, 0.4) is 0 Å². The topological polar surface area (TPSA) is 85.8 Å². The fourth-order valence-electron chi connectivity index (χ4n) is 2.17. The molecule has 8 nitrogen and oxygen atoms in total. The lowest BCUT2D eigenvalue weighted by molar-refractivity contribution is 0.635. The van der Waals surface area contributed by atoms with Gasteiger partial charge in [0.15, 0.2) is 17.3 Å². The maximum atomic E-state index is 5.99. The van der Waals surface area contributed by atoms with Gasteiger partial charge < -0.3 is 5.32 Å². The molecule has 0 fully saturated rings. The smallest absolute Gasteiger partial charge is 0.178 e. The second-order valence-electron chi connectivity index (χ2n) is 4.83. The number of benzene rings is 1. The van der Waals surface area contributed by atoms with E-state index in [2.05, 4.69) is 30.7 Å². The van der Waals surface area contributed by atoms with Gasteiger partial charge >= 0.3 is 0 Å². The van der Waals surface area contributed by atoms with E-state index in [0.717, 1.165) is 5.69 Å². The highest BCUT2D eigenvalue weighted by Gasteiger charge is 2.09. The molecule has 0 atom stereocenters. The summed E-state index contributed by atoms with van der Waals surface area (Å²) in [5.74, 6) is 1.33. The summed E-state index contributed by atoms with van der Waals surface area (Å²) in [5, 5.41) is 20.7. The Morgan fingerprint density at radius 3 is 2.91 bits per heavy atom. The van der Waals surface area contributed by atoms with Crippen molar-refractivity contribution in [3.8, 4) is 0 Å². The molecule has 0 saturated carbocycles. The predicted molar refractivity (Wildman–Crippen MR) is 84.6 cm³/mol. The van der Waals surface area contributed by atoms with Crippen LogP contribution < -0.4 is 5.32 Å². The summed E-state index contributed by atoms with van der Waals surface area (Å²) in [6, 6.07) is 11.1. The van der Waals surface area contributed by atoms with E-state index in [0.29, 0.717) is 28.9 Å². The van der Waals surface area contributed by atoms with Gasteiger partial charge in [-0.3, -0.25) is 0 Å². The average molecular weight is 327 g/mol. The maximum Gasteiger partial charge on any atom is 0.178 e. The molecule has 23 heavy (non-hydrogen) atoms. The zero-order valence-corrected chi connectivity index (χ0v) is 12.6. The Hall–Kier alpha value is -3.00. The number of anilines is 2. The van der Waals surface area contributed by atoms with Crippen molar-refractivity contribution in [1.82, 2.24) is 34.6 Å². The van der Waals surface area contributed by atoms with Crippen molar-refractivity contribution in [3.63, 3.8) is 0 Å². The molecule has 1 N–H and O–H groups in total. The van der Waals surface area contributed by atoms with Gasteiger partial charge in [0, 0.05) is 10.7 Å². The predicted octanol–water partition coefficient (Wildman–Crippen LogP) is 2.16. The summed E-state index contributed by atoms with van der Waals surface area (Å²) in [5.41, 5.74) is 1.52. The molecule has 0 aliphatic heterocycles. The van der Waals surface area contributed by atoms with Crippen LogP contribution in [0.1, 0.15) is 5.82 Å². The minimum Gasteiger partial charge on any atom is -0.339 e. The quantitative estimate of drug-likeness (QED) is 0.618. The molecule has 3 heterocycles. The number of nitrogens with zero attached hydrogens (tertiary/aromatic N) is 7. The van der Waals surface area contributed by atoms with Crippen LogP contribution in [0.2, 0.25) is 5.02 Å². The minimum absolute atomic E-state index is 0.439. The SMILES string of the molecule is Clc1cccc(Nc2ccc3nnc(Cn4cncn4)n3n2)c1. The summed E-state index contributed by atoms with van der Waals surface area (Å²) < 4.78 is 3.34. The van der Waals surface area contributed by atoms with Gasteiger partial charge in [-0.15, -0.1) is 15.3 Å². The van der Waals surface area contributed by atoms with Gasteiger partial charge in [0.2, 0.25) is 0 Å². The van der Waals surface area contributed by atoms with Crippen LogP contribution in [-0.2, 0) is 6.54 Å². The van der Waals surface area contributed by atoms with Gasteiger partial charge in [-0.2, -0.15) is 9.61 Å². The lowest BCUT2D eigenvalue weighted by Crippen LogP contribution is -2.07. The van der Waals surface area contributed by atoms with Gasteiger partial charge in [-0.05, 0) is 30.3 Å². The van der Waals surface area contributed by atoms with E-state index in [-0.39, 0.29) is 0 Å². The number of fused-ring (bicyclic) bond motifs is 1. The highest BCUT2D eigenvalue weighted by Crippen LogP contribution is 2.19. The molecule has 0 amide bonds. The van der Waals surface area contributed by atoms with E-state index in [1.54, 1.807) is 15.5 Å². The summed E-state index contributed by atoms with van der Waals surface area (Å²) in [7, 11) is 0. The average Bonchev–Trinajstić information content (AvgIpc) is 3.18. The van der Waals surface area contributed by atoms with Crippen LogP contribution >= 0.6 is 11.6 Å². The Morgan fingerprint density at radius 2 is 2.09 bits per heavy atom. The number of rotatable bonds is 4. The molecule has 4 aromatic rings. The zero-order valence-electron chi connectivity index (χ0n) is 11.8. The summed E-state index contributed by atoms with van der Waals surface area (Å²) in [6.45, 7) is 0.439. The second kappa shape index (κ2) is 5.65. The molecule has 0 saturated heterocycles. The third-order valence-corrected chi connectivity index (χ3v) is 3.43. The van der Waals surface area contributed by atoms with E-state index in [9.17, 15) is 0 Å². The molecule has 0 radical (unpaired) electrons. The lowest BCUT2D eigenvalue weighted by Gasteiger charge is -2.06. The Balaban J connectivity index is 1.66. The van der Waals surface area contributed by atoms with Gasteiger partial charge in [0.05, 0.1) is 0 Å². The number of halogens is 1. The number of hydrogen-bond acceptors (Lipinski definition) is 6. The van der Waals surface area contributed by atoms with Crippen LogP contribution in [0.4, 0.5) is 11.5 Å². The third-order valence-electron chi connectivity index (χ3n) is 3.19. The van der Waals surface area contributed by atoms with Gasteiger partial charge in [0.25, 0.3) is 0 Å². The van der Waals surface area contributed by atoms with Crippen molar-refractivity contribution in [2.45, 2.75) is 6.54 Å². The largest absolute Gasteiger partial charge is 0.339 e. The fraction of sp³-hybridized carbons (Fsp3) is 0.0714. The fourth-order valence-corrected chi connectivity index (χ4v) is 2.36. The van der Waals surface area contributed by atoms with Crippen molar-refractivity contribution in [2.75, 3.05) is 5.32 Å². The van der Waals surface area contributed by atoms with Crippen molar-refractivity contribution >= 4 is 28.8 Å². The number of hydrogen-bond donors (Lipinski definition) is 1. The Labute approximate surface area is 135 Å².